The van der Waals surface area contributed by atoms with Gasteiger partial charge in [-0.2, -0.15) is 0 Å². The number of rotatable bonds is 4. The molecule has 0 radical (unpaired) electrons. The van der Waals surface area contributed by atoms with E-state index in [1.807, 2.05) is 6.07 Å². The van der Waals surface area contributed by atoms with Gasteiger partial charge in [0.05, 0.1) is 5.02 Å². The van der Waals surface area contributed by atoms with E-state index < -0.39 is 0 Å². The molecule has 0 spiro atoms. The molecule has 1 aromatic heterocycles. The summed E-state index contributed by atoms with van der Waals surface area (Å²) in [7, 11) is 2.16. The van der Waals surface area contributed by atoms with Crippen LogP contribution >= 0.6 is 11.6 Å². The van der Waals surface area contributed by atoms with Gasteiger partial charge in [-0.15, -0.1) is 0 Å². The molecule has 1 fully saturated rings. The van der Waals surface area contributed by atoms with Gasteiger partial charge in [-0.25, -0.2) is 0 Å². The second-order valence-corrected chi connectivity index (χ2v) is 5.28. The summed E-state index contributed by atoms with van der Waals surface area (Å²) in [6.45, 7) is 4.36. The molecule has 1 N–H and O–H groups in total. The lowest BCUT2D eigenvalue weighted by Crippen LogP contribution is -2.36. The number of aromatic nitrogens is 1. The summed E-state index contributed by atoms with van der Waals surface area (Å²) < 4.78 is 0. The van der Waals surface area contributed by atoms with Gasteiger partial charge >= 0.3 is 0 Å². The van der Waals surface area contributed by atoms with Gasteiger partial charge in [0.15, 0.2) is 0 Å². The smallest absolute Gasteiger partial charge is 0.0634 e. The highest BCUT2D eigenvalue weighted by Gasteiger charge is 2.15. The maximum absolute atomic E-state index is 6.11. The number of halogens is 1. The Bertz CT molecular complexity index is 350. The average Bonchev–Trinajstić information content (AvgIpc) is 2.33. The van der Waals surface area contributed by atoms with Crippen LogP contribution in [0, 0.1) is 5.92 Å². The molecule has 17 heavy (non-hydrogen) atoms. The van der Waals surface area contributed by atoms with Gasteiger partial charge in [-0.3, -0.25) is 4.98 Å². The van der Waals surface area contributed by atoms with Gasteiger partial charge < -0.3 is 10.2 Å². The van der Waals surface area contributed by atoms with Crippen molar-refractivity contribution >= 4 is 11.6 Å². The largest absolute Gasteiger partial charge is 0.316 e. The van der Waals surface area contributed by atoms with Crippen molar-refractivity contribution in [3.05, 3.63) is 29.0 Å². The van der Waals surface area contributed by atoms with E-state index >= 15 is 0 Å². The van der Waals surface area contributed by atoms with Crippen LogP contribution in [0.1, 0.15) is 18.4 Å². The zero-order valence-electron chi connectivity index (χ0n) is 10.3. The molecule has 2 heterocycles. The van der Waals surface area contributed by atoms with E-state index in [-0.39, 0.29) is 0 Å². The Morgan fingerprint density at radius 3 is 3.18 bits per heavy atom. The lowest BCUT2D eigenvalue weighted by Gasteiger charge is -2.27. The minimum atomic E-state index is 0.765. The average molecular weight is 254 g/mol. The highest BCUT2D eigenvalue weighted by atomic mass is 35.5. The molecule has 1 atom stereocenters. The second kappa shape index (κ2) is 6.34. The van der Waals surface area contributed by atoms with Crippen molar-refractivity contribution in [3.8, 4) is 0 Å². The Hall–Kier alpha value is -0.640. The predicted molar refractivity (Wildman–Crippen MR) is 71.2 cm³/mol. The third-order valence-corrected chi connectivity index (χ3v) is 3.61. The second-order valence-electron chi connectivity index (χ2n) is 4.88. The number of pyridine rings is 1. The fraction of sp³-hybridized carbons (Fsp3) is 0.615. The summed E-state index contributed by atoms with van der Waals surface area (Å²) >= 11 is 6.11. The molecule has 0 aromatic carbocycles. The first-order valence-electron chi connectivity index (χ1n) is 6.23. The van der Waals surface area contributed by atoms with E-state index in [4.69, 9.17) is 11.6 Å². The van der Waals surface area contributed by atoms with Crippen LogP contribution in [0.5, 0.6) is 0 Å². The zero-order valence-corrected chi connectivity index (χ0v) is 11.1. The number of nitrogens with zero attached hydrogens (tertiary/aromatic N) is 2. The van der Waals surface area contributed by atoms with Crippen LogP contribution in [0.3, 0.4) is 0 Å². The molecule has 0 amide bonds. The Morgan fingerprint density at radius 2 is 2.47 bits per heavy atom. The van der Waals surface area contributed by atoms with Crippen molar-refractivity contribution in [2.75, 3.05) is 26.7 Å². The lowest BCUT2D eigenvalue weighted by molar-refractivity contribution is 0.237. The van der Waals surface area contributed by atoms with Crippen molar-refractivity contribution in [1.29, 1.82) is 0 Å². The Labute approximate surface area is 108 Å². The molecular weight excluding hydrogens is 234 g/mol. The van der Waals surface area contributed by atoms with E-state index in [1.54, 1.807) is 12.4 Å². The molecule has 0 saturated carbocycles. The van der Waals surface area contributed by atoms with Gasteiger partial charge in [0.2, 0.25) is 0 Å². The molecule has 1 aromatic rings. The first-order chi connectivity index (χ1) is 8.25. The standard InChI is InChI=1S/C13H20ClN3/c1-17(9-11-3-2-5-15-7-11)10-12-4-6-16-8-13(12)14/h4,6,8,11,15H,2-3,5,7,9-10H2,1H3. The molecule has 0 bridgehead atoms. The molecule has 2 rings (SSSR count). The lowest BCUT2D eigenvalue weighted by atomic mass is 9.99. The summed E-state index contributed by atoms with van der Waals surface area (Å²) in [5.74, 6) is 0.773. The third kappa shape index (κ3) is 3.95. The Morgan fingerprint density at radius 1 is 1.59 bits per heavy atom. The van der Waals surface area contributed by atoms with E-state index in [2.05, 4.69) is 22.2 Å². The summed E-state index contributed by atoms with van der Waals surface area (Å²) in [6.07, 6.45) is 6.15. The van der Waals surface area contributed by atoms with Gasteiger partial charge in [0.1, 0.15) is 0 Å². The van der Waals surface area contributed by atoms with Crippen LogP contribution < -0.4 is 5.32 Å². The maximum Gasteiger partial charge on any atom is 0.0634 e. The first-order valence-corrected chi connectivity index (χ1v) is 6.61. The van der Waals surface area contributed by atoms with Crippen molar-refractivity contribution < 1.29 is 0 Å². The topological polar surface area (TPSA) is 28.2 Å². The third-order valence-electron chi connectivity index (χ3n) is 3.27. The van der Waals surface area contributed by atoms with E-state index in [0.29, 0.717) is 0 Å². The normalized spacial score (nSPS) is 20.8. The summed E-state index contributed by atoms with van der Waals surface area (Å²) in [5, 5.41) is 4.22. The minimum absolute atomic E-state index is 0.765. The van der Waals surface area contributed by atoms with Crippen molar-refractivity contribution in [2.24, 2.45) is 5.92 Å². The number of nitrogens with one attached hydrogen (secondary N) is 1. The zero-order chi connectivity index (χ0) is 12.1. The quantitative estimate of drug-likeness (QED) is 0.892. The summed E-state index contributed by atoms with van der Waals surface area (Å²) in [4.78, 5) is 6.35. The number of hydrogen-bond acceptors (Lipinski definition) is 3. The molecule has 1 aliphatic rings. The van der Waals surface area contributed by atoms with E-state index in [9.17, 15) is 0 Å². The van der Waals surface area contributed by atoms with Crippen molar-refractivity contribution in [3.63, 3.8) is 0 Å². The molecule has 1 aliphatic heterocycles. The fourth-order valence-electron chi connectivity index (χ4n) is 2.41. The molecule has 1 unspecified atom stereocenters. The molecule has 0 aliphatic carbocycles. The SMILES string of the molecule is CN(Cc1ccncc1Cl)CC1CCCNC1. The Kier molecular flexibility index (Phi) is 4.77. The fourth-order valence-corrected chi connectivity index (χ4v) is 2.59. The van der Waals surface area contributed by atoms with Gasteiger partial charge in [0.25, 0.3) is 0 Å². The highest BCUT2D eigenvalue weighted by Crippen LogP contribution is 2.17. The molecule has 94 valence electrons. The van der Waals surface area contributed by atoms with Gasteiger partial charge in [-0.1, -0.05) is 11.6 Å². The summed E-state index contributed by atoms with van der Waals surface area (Å²) in [6, 6.07) is 2.00. The highest BCUT2D eigenvalue weighted by molar-refractivity contribution is 6.31. The van der Waals surface area contributed by atoms with E-state index in [1.165, 1.54) is 19.4 Å². The van der Waals surface area contributed by atoms with Crippen LogP contribution in [0.25, 0.3) is 0 Å². The first kappa shape index (κ1) is 12.8. The predicted octanol–water partition coefficient (Wildman–Crippen LogP) is 2.17. The molecule has 4 heteroatoms. The van der Waals surface area contributed by atoms with Crippen LogP contribution in [0.2, 0.25) is 5.02 Å². The van der Waals surface area contributed by atoms with Crippen molar-refractivity contribution in [2.45, 2.75) is 19.4 Å². The number of hydrogen-bond donors (Lipinski definition) is 1. The van der Waals surface area contributed by atoms with Crippen LogP contribution in [-0.4, -0.2) is 36.6 Å². The maximum atomic E-state index is 6.11. The Balaban J connectivity index is 1.84. The molecule has 1 saturated heterocycles. The van der Waals surface area contributed by atoms with Crippen LogP contribution in [0.4, 0.5) is 0 Å². The van der Waals surface area contributed by atoms with Crippen LogP contribution in [-0.2, 0) is 6.54 Å². The van der Waals surface area contributed by atoms with Gasteiger partial charge in [0, 0.05) is 25.5 Å². The van der Waals surface area contributed by atoms with Crippen molar-refractivity contribution in [1.82, 2.24) is 15.2 Å². The summed E-state index contributed by atoms with van der Waals surface area (Å²) in [5.41, 5.74) is 1.16. The number of piperidine rings is 1. The van der Waals surface area contributed by atoms with Gasteiger partial charge in [-0.05, 0) is 50.5 Å². The van der Waals surface area contributed by atoms with E-state index in [0.717, 1.165) is 36.1 Å². The minimum Gasteiger partial charge on any atom is -0.316 e. The van der Waals surface area contributed by atoms with Crippen LogP contribution in [0.15, 0.2) is 18.5 Å². The monoisotopic (exact) mass is 253 g/mol. The molecule has 3 nitrogen and oxygen atoms in total. The molecular formula is C13H20ClN3.